The Morgan fingerprint density at radius 2 is 1.76 bits per heavy atom. The van der Waals surface area contributed by atoms with Crippen LogP contribution < -0.4 is 4.74 Å². The molecule has 0 amide bonds. The van der Waals surface area contributed by atoms with E-state index in [1.165, 1.54) is 30.3 Å². The number of hydrogen-bond donors (Lipinski definition) is 1. The predicted molar refractivity (Wildman–Crippen MR) is 68.3 cm³/mol. The van der Waals surface area contributed by atoms with Crippen LogP contribution in [0.2, 0.25) is 0 Å². The van der Waals surface area contributed by atoms with E-state index in [1.54, 1.807) is 0 Å². The molecular formula is C15H12F4O2. The van der Waals surface area contributed by atoms with E-state index < -0.39 is 23.7 Å². The van der Waals surface area contributed by atoms with Crippen molar-refractivity contribution in [2.45, 2.75) is 12.3 Å². The summed E-state index contributed by atoms with van der Waals surface area (Å²) in [5.74, 6) is -0.522. The van der Waals surface area contributed by atoms with Gasteiger partial charge in [0.1, 0.15) is 24.3 Å². The summed E-state index contributed by atoms with van der Waals surface area (Å²) in [4.78, 5) is 0. The van der Waals surface area contributed by atoms with Crippen LogP contribution in [0.3, 0.4) is 0 Å². The van der Waals surface area contributed by atoms with Crippen LogP contribution in [0.1, 0.15) is 17.2 Å². The van der Waals surface area contributed by atoms with E-state index in [0.717, 1.165) is 18.2 Å². The molecule has 0 aliphatic rings. The minimum absolute atomic E-state index is 0.0136. The van der Waals surface area contributed by atoms with Crippen molar-refractivity contribution in [2.75, 3.05) is 6.61 Å². The number of aliphatic hydroxyl groups excluding tert-OH is 1. The smallest absolute Gasteiger partial charge is 0.416 e. The molecule has 2 rings (SSSR count). The Morgan fingerprint density at radius 3 is 2.43 bits per heavy atom. The third-order valence-electron chi connectivity index (χ3n) is 2.80. The minimum atomic E-state index is -4.46. The predicted octanol–water partition coefficient (Wildman–Crippen LogP) is 3.96. The highest BCUT2D eigenvalue weighted by atomic mass is 19.4. The first-order chi connectivity index (χ1) is 9.86. The van der Waals surface area contributed by atoms with Crippen molar-refractivity contribution in [1.82, 2.24) is 0 Å². The average molecular weight is 300 g/mol. The molecule has 0 saturated carbocycles. The Kier molecular flexibility index (Phi) is 4.47. The first-order valence-electron chi connectivity index (χ1n) is 6.10. The second-order valence-electron chi connectivity index (χ2n) is 4.41. The molecule has 112 valence electrons. The molecule has 2 aromatic rings. The van der Waals surface area contributed by atoms with Crippen LogP contribution in [-0.4, -0.2) is 11.7 Å². The summed E-state index contributed by atoms with van der Waals surface area (Å²) in [5, 5.41) is 9.82. The molecule has 2 nitrogen and oxygen atoms in total. The van der Waals surface area contributed by atoms with Crippen molar-refractivity contribution >= 4 is 0 Å². The molecule has 0 saturated heterocycles. The normalized spacial score (nSPS) is 13.0. The summed E-state index contributed by atoms with van der Waals surface area (Å²) in [6.45, 7) is -0.273. The van der Waals surface area contributed by atoms with Crippen LogP contribution in [0, 0.1) is 5.82 Å². The van der Waals surface area contributed by atoms with Crippen LogP contribution in [0.5, 0.6) is 5.75 Å². The number of ether oxygens (including phenoxy) is 1. The van der Waals surface area contributed by atoms with E-state index >= 15 is 0 Å². The Labute approximate surface area is 118 Å². The van der Waals surface area contributed by atoms with Gasteiger partial charge in [0.15, 0.2) is 0 Å². The molecule has 6 heteroatoms. The lowest BCUT2D eigenvalue weighted by atomic mass is 10.1. The summed E-state index contributed by atoms with van der Waals surface area (Å²) in [6, 6.07) is 9.64. The number of hydrogen-bond acceptors (Lipinski definition) is 2. The highest BCUT2D eigenvalue weighted by Crippen LogP contribution is 2.31. The Morgan fingerprint density at radius 1 is 1.05 bits per heavy atom. The molecule has 2 aromatic carbocycles. The van der Waals surface area contributed by atoms with Gasteiger partial charge in [0.2, 0.25) is 0 Å². The fraction of sp³-hybridized carbons (Fsp3) is 0.200. The summed E-state index contributed by atoms with van der Waals surface area (Å²) < 4.78 is 55.7. The Balaban J connectivity index is 2.03. The minimum Gasteiger partial charge on any atom is -0.491 e. The van der Waals surface area contributed by atoms with Gasteiger partial charge in [-0.3, -0.25) is 0 Å². The lowest BCUT2D eigenvalue weighted by Crippen LogP contribution is -2.11. The fourth-order valence-electron chi connectivity index (χ4n) is 1.75. The molecule has 0 fully saturated rings. The van der Waals surface area contributed by atoms with Crippen molar-refractivity contribution < 1.29 is 27.4 Å². The lowest BCUT2D eigenvalue weighted by molar-refractivity contribution is -0.137. The van der Waals surface area contributed by atoms with Crippen molar-refractivity contribution in [3.05, 3.63) is 65.5 Å². The van der Waals surface area contributed by atoms with Gasteiger partial charge in [0, 0.05) is 0 Å². The summed E-state index contributed by atoms with van der Waals surface area (Å²) in [7, 11) is 0. The van der Waals surface area contributed by atoms with Gasteiger partial charge >= 0.3 is 6.18 Å². The van der Waals surface area contributed by atoms with Crippen molar-refractivity contribution in [1.29, 1.82) is 0 Å². The third kappa shape index (κ3) is 4.19. The van der Waals surface area contributed by atoms with Gasteiger partial charge < -0.3 is 9.84 Å². The van der Waals surface area contributed by atoms with E-state index in [2.05, 4.69) is 0 Å². The molecule has 1 atom stereocenters. The van der Waals surface area contributed by atoms with Gasteiger partial charge in [-0.05, 0) is 35.9 Å². The van der Waals surface area contributed by atoms with Crippen LogP contribution in [0.15, 0.2) is 48.5 Å². The Bertz CT molecular complexity index is 611. The van der Waals surface area contributed by atoms with Crippen molar-refractivity contribution in [2.24, 2.45) is 0 Å². The lowest BCUT2D eigenvalue weighted by Gasteiger charge is -2.14. The molecule has 1 N–H and O–H groups in total. The first-order valence-corrected chi connectivity index (χ1v) is 6.10. The van der Waals surface area contributed by atoms with Crippen LogP contribution in [0.25, 0.3) is 0 Å². The number of aliphatic hydroxyl groups is 1. The molecule has 21 heavy (non-hydrogen) atoms. The second-order valence-corrected chi connectivity index (χ2v) is 4.41. The highest BCUT2D eigenvalue weighted by Gasteiger charge is 2.30. The van der Waals surface area contributed by atoms with Gasteiger partial charge in [0.25, 0.3) is 0 Å². The topological polar surface area (TPSA) is 29.5 Å². The third-order valence-corrected chi connectivity index (χ3v) is 2.80. The van der Waals surface area contributed by atoms with E-state index in [-0.39, 0.29) is 12.4 Å². The molecule has 0 heterocycles. The van der Waals surface area contributed by atoms with E-state index in [0.29, 0.717) is 5.56 Å². The highest BCUT2D eigenvalue weighted by molar-refractivity contribution is 5.30. The molecule has 0 spiro atoms. The van der Waals surface area contributed by atoms with Crippen LogP contribution in [0.4, 0.5) is 17.6 Å². The second kappa shape index (κ2) is 6.13. The maximum atomic E-state index is 13.0. The van der Waals surface area contributed by atoms with Gasteiger partial charge in [-0.25, -0.2) is 4.39 Å². The van der Waals surface area contributed by atoms with Crippen LogP contribution >= 0.6 is 0 Å². The summed E-state index contributed by atoms with van der Waals surface area (Å²) in [5.41, 5.74) is -0.540. The van der Waals surface area contributed by atoms with Gasteiger partial charge in [-0.15, -0.1) is 0 Å². The van der Waals surface area contributed by atoms with Gasteiger partial charge in [-0.1, -0.05) is 18.2 Å². The molecular weight excluding hydrogens is 288 g/mol. The number of rotatable bonds is 4. The van der Waals surface area contributed by atoms with Crippen LogP contribution in [-0.2, 0) is 6.18 Å². The van der Waals surface area contributed by atoms with E-state index in [1.807, 2.05) is 0 Å². The first kappa shape index (κ1) is 15.3. The fourth-order valence-corrected chi connectivity index (χ4v) is 1.75. The molecule has 0 aliphatic carbocycles. The largest absolute Gasteiger partial charge is 0.491 e. The zero-order valence-electron chi connectivity index (χ0n) is 10.8. The van der Waals surface area contributed by atoms with Crippen molar-refractivity contribution in [3.63, 3.8) is 0 Å². The standard InChI is InChI=1S/C15H12F4O2/c16-12-5-1-3-10(7-12)14(20)9-21-13-6-2-4-11(8-13)15(17,18)19/h1-8,14,20H,9H2. The molecule has 1 unspecified atom stereocenters. The monoisotopic (exact) mass is 300 g/mol. The molecule has 0 aliphatic heterocycles. The number of alkyl halides is 3. The van der Waals surface area contributed by atoms with Gasteiger partial charge in [0.05, 0.1) is 5.56 Å². The SMILES string of the molecule is OC(COc1cccc(C(F)(F)F)c1)c1cccc(F)c1. The van der Waals surface area contributed by atoms with Gasteiger partial charge in [-0.2, -0.15) is 13.2 Å². The van der Waals surface area contributed by atoms with E-state index in [9.17, 15) is 22.7 Å². The summed E-state index contributed by atoms with van der Waals surface area (Å²) in [6.07, 6.45) is -5.59. The summed E-state index contributed by atoms with van der Waals surface area (Å²) >= 11 is 0. The molecule has 0 radical (unpaired) electrons. The maximum absolute atomic E-state index is 13.0. The van der Waals surface area contributed by atoms with Crippen molar-refractivity contribution in [3.8, 4) is 5.75 Å². The van der Waals surface area contributed by atoms with E-state index in [4.69, 9.17) is 4.74 Å². The number of benzene rings is 2. The Hall–Kier alpha value is -2.08. The molecule has 0 bridgehead atoms. The zero-order valence-corrected chi connectivity index (χ0v) is 10.8. The maximum Gasteiger partial charge on any atom is 0.416 e. The number of halogens is 4. The zero-order chi connectivity index (χ0) is 15.5. The quantitative estimate of drug-likeness (QED) is 0.866. The molecule has 0 aromatic heterocycles. The average Bonchev–Trinajstić information content (AvgIpc) is 2.44.